The van der Waals surface area contributed by atoms with E-state index in [0.29, 0.717) is 35.3 Å². The van der Waals surface area contributed by atoms with Crippen molar-refractivity contribution in [1.82, 2.24) is 4.90 Å². The number of nitrogens with zero attached hydrogens (tertiary/aromatic N) is 1. The van der Waals surface area contributed by atoms with E-state index in [4.69, 9.17) is 4.55 Å². The Balaban J connectivity index is 1.60. The van der Waals surface area contributed by atoms with Gasteiger partial charge < -0.3 is 9.45 Å². The van der Waals surface area contributed by atoms with Gasteiger partial charge in [0, 0.05) is 46.8 Å². The van der Waals surface area contributed by atoms with E-state index in [1.54, 1.807) is 35.2 Å². The van der Waals surface area contributed by atoms with E-state index in [9.17, 15) is 18.6 Å². The van der Waals surface area contributed by atoms with Crippen LogP contribution in [0.2, 0.25) is 0 Å². The second kappa shape index (κ2) is 6.26. The first-order valence-electron chi connectivity index (χ1n) is 8.15. The Hall–Kier alpha value is -2.64. The lowest BCUT2D eigenvalue weighted by Gasteiger charge is -2.38. The van der Waals surface area contributed by atoms with Gasteiger partial charge in [-0.25, -0.2) is 4.21 Å². The van der Waals surface area contributed by atoms with Crippen molar-refractivity contribution in [3.8, 4) is 0 Å². The fourth-order valence-corrected chi connectivity index (χ4v) is 4.07. The summed E-state index contributed by atoms with van der Waals surface area (Å²) in [5.41, 5.74) is 1.62. The molecule has 1 amide bonds. The molecule has 1 N–H and O–H groups in total. The Bertz CT molecular complexity index is 978. The molecule has 0 radical (unpaired) electrons. The number of ketones is 2. The van der Waals surface area contributed by atoms with Gasteiger partial charge in [0.15, 0.2) is 22.6 Å². The highest BCUT2D eigenvalue weighted by Gasteiger charge is 2.34. The van der Waals surface area contributed by atoms with Gasteiger partial charge in [-0.1, -0.05) is 24.3 Å². The molecule has 2 aromatic rings. The summed E-state index contributed by atoms with van der Waals surface area (Å²) in [6, 6.07) is 11.2. The maximum absolute atomic E-state index is 12.7. The van der Waals surface area contributed by atoms with Gasteiger partial charge in [0.1, 0.15) is 0 Å². The molecule has 6 nitrogen and oxygen atoms in total. The third kappa shape index (κ3) is 2.69. The van der Waals surface area contributed by atoms with Crippen LogP contribution in [0.1, 0.15) is 42.2 Å². The molecule has 2 aromatic carbocycles. The maximum Gasteiger partial charge on any atom is 0.253 e. The molecule has 2 aliphatic rings. The van der Waals surface area contributed by atoms with Crippen LogP contribution in [0.4, 0.5) is 0 Å². The van der Waals surface area contributed by atoms with Crippen molar-refractivity contribution in [3.63, 3.8) is 0 Å². The monoisotopic (exact) mass is 369 g/mol. The van der Waals surface area contributed by atoms with Gasteiger partial charge in [-0.15, -0.1) is 0 Å². The highest BCUT2D eigenvalue weighted by molar-refractivity contribution is 7.79. The Morgan fingerprint density at radius 3 is 2.19 bits per heavy atom. The van der Waals surface area contributed by atoms with Gasteiger partial charge in [0.25, 0.3) is 5.91 Å². The molecule has 7 heteroatoms. The standard InChI is InChI=1S/C19H15NO5S/c21-17-13-3-1-2-4-14(13)18(22)16-7-12(5-6-15(16)17)19(23)20-8-11(9-20)10-26(24)25/h1-7,11H,8-10H2,(H,24,25). The Morgan fingerprint density at radius 1 is 1.00 bits per heavy atom. The molecule has 1 aliphatic heterocycles. The zero-order chi connectivity index (χ0) is 18.4. The summed E-state index contributed by atoms with van der Waals surface area (Å²) in [4.78, 5) is 39.4. The normalized spacial score (nSPS) is 17.3. The summed E-state index contributed by atoms with van der Waals surface area (Å²) in [5.74, 6) is -0.562. The van der Waals surface area contributed by atoms with Gasteiger partial charge >= 0.3 is 0 Å². The van der Waals surface area contributed by atoms with Crippen LogP contribution in [0.3, 0.4) is 0 Å². The fourth-order valence-electron chi connectivity index (χ4n) is 3.46. The molecule has 1 aliphatic carbocycles. The van der Waals surface area contributed by atoms with E-state index >= 15 is 0 Å². The molecule has 4 rings (SSSR count). The van der Waals surface area contributed by atoms with Gasteiger partial charge in [-0.3, -0.25) is 14.4 Å². The second-order valence-electron chi connectivity index (χ2n) is 6.53. The first-order chi connectivity index (χ1) is 12.5. The van der Waals surface area contributed by atoms with Crippen molar-refractivity contribution in [3.05, 3.63) is 70.3 Å². The highest BCUT2D eigenvalue weighted by Crippen LogP contribution is 2.29. The molecule has 1 atom stereocenters. The molecule has 26 heavy (non-hydrogen) atoms. The van der Waals surface area contributed by atoms with Crippen molar-refractivity contribution < 1.29 is 23.1 Å². The van der Waals surface area contributed by atoms with Crippen LogP contribution in [0.15, 0.2) is 42.5 Å². The van der Waals surface area contributed by atoms with Crippen LogP contribution >= 0.6 is 0 Å². The molecule has 1 saturated heterocycles. The third-order valence-electron chi connectivity index (χ3n) is 4.79. The van der Waals surface area contributed by atoms with Crippen molar-refractivity contribution in [2.75, 3.05) is 18.8 Å². The lowest BCUT2D eigenvalue weighted by Crippen LogP contribution is -2.51. The summed E-state index contributed by atoms with van der Waals surface area (Å²) in [6.07, 6.45) is 0. The number of carbonyl (C=O) groups excluding carboxylic acids is 3. The number of likely N-dealkylation sites (tertiary alicyclic amines) is 1. The first kappa shape index (κ1) is 16.8. The Kier molecular flexibility index (Phi) is 4.05. The molecule has 0 bridgehead atoms. The third-order valence-corrected chi connectivity index (χ3v) is 5.55. The predicted molar refractivity (Wildman–Crippen MR) is 94.8 cm³/mol. The summed E-state index contributed by atoms with van der Waals surface area (Å²) in [6.45, 7) is 0.829. The van der Waals surface area contributed by atoms with Crippen LogP contribution < -0.4 is 0 Å². The molecule has 1 unspecified atom stereocenters. The quantitative estimate of drug-likeness (QED) is 0.710. The number of fused-ring (bicyclic) bond motifs is 2. The lowest BCUT2D eigenvalue weighted by molar-refractivity contribution is 0.0534. The lowest BCUT2D eigenvalue weighted by atomic mass is 9.83. The smallest absolute Gasteiger partial charge is 0.253 e. The minimum Gasteiger partial charge on any atom is -0.338 e. The summed E-state index contributed by atoms with van der Waals surface area (Å²) in [5, 5.41) is 0. The number of hydrogen-bond acceptors (Lipinski definition) is 4. The SMILES string of the molecule is O=C1c2ccccc2C(=O)c2cc(C(=O)N3CC(CS(=O)O)C3)ccc21. The molecular formula is C19H15NO5S. The predicted octanol–water partition coefficient (Wildman–Crippen LogP) is 1.76. The molecule has 0 spiro atoms. The maximum atomic E-state index is 12.7. The van der Waals surface area contributed by atoms with Crippen molar-refractivity contribution in [1.29, 1.82) is 0 Å². The molecule has 0 saturated carbocycles. The summed E-state index contributed by atoms with van der Waals surface area (Å²) < 4.78 is 19.7. The molecular weight excluding hydrogens is 354 g/mol. The largest absolute Gasteiger partial charge is 0.338 e. The fraction of sp³-hybridized carbons (Fsp3) is 0.211. The van der Waals surface area contributed by atoms with Gasteiger partial charge in [0.05, 0.1) is 5.75 Å². The zero-order valence-electron chi connectivity index (χ0n) is 13.7. The van der Waals surface area contributed by atoms with Crippen molar-refractivity contribution >= 4 is 28.6 Å². The van der Waals surface area contributed by atoms with E-state index in [1.807, 2.05) is 0 Å². The van der Waals surface area contributed by atoms with Crippen LogP contribution in [0, 0.1) is 5.92 Å². The van der Waals surface area contributed by atoms with E-state index < -0.39 is 11.1 Å². The van der Waals surface area contributed by atoms with Gasteiger partial charge in [0.2, 0.25) is 0 Å². The molecule has 1 fully saturated rings. The number of benzene rings is 2. The molecule has 0 aromatic heterocycles. The van der Waals surface area contributed by atoms with Gasteiger partial charge in [-0.2, -0.15) is 0 Å². The van der Waals surface area contributed by atoms with Crippen LogP contribution in [-0.2, 0) is 11.1 Å². The van der Waals surface area contributed by atoms with Crippen LogP contribution in [0.25, 0.3) is 0 Å². The summed E-state index contributed by atoms with van der Waals surface area (Å²) in [7, 11) is 0. The summed E-state index contributed by atoms with van der Waals surface area (Å²) >= 11 is -1.87. The average Bonchev–Trinajstić information content (AvgIpc) is 2.61. The second-order valence-corrected chi connectivity index (χ2v) is 7.50. The molecule has 1 heterocycles. The average molecular weight is 369 g/mol. The highest BCUT2D eigenvalue weighted by atomic mass is 32.2. The molecule has 132 valence electrons. The van der Waals surface area contributed by atoms with E-state index in [-0.39, 0.29) is 34.7 Å². The van der Waals surface area contributed by atoms with E-state index in [0.717, 1.165) is 0 Å². The minimum absolute atomic E-state index is 0.0116. The van der Waals surface area contributed by atoms with E-state index in [1.165, 1.54) is 12.1 Å². The topological polar surface area (TPSA) is 91.8 Å². The Morgan fingerprint density at radius 2 is 1.58 bits per heavy atom. The van der Waals surface area contributed by atoms with E-state index in [2.05, 4.69) is 0 Å². The number of rotatable bonds is 3. The Labute approximate surface area is 152 Å². The first-order valence-corrected chi connectivity index (χ1v) is 9.42. The number of carbonyl (C=O) groups is 3. The van der Waals surface area contributed by atoms with Gasteiger partial charge in [-0.05, 0) is 18.2 Å². The minimum atomic E-state index is -1.87. The van der Waals surface area contributed by atoms with Crippen molar-refractivity contribution in [2.24, 2.45) is 5.92 Å². The van der Waals surface area contributed by atoms with Crippen LogP contribution in [0.5, 0.6) is 0 Å². The zero-order valence-corrected chi connectivity index (χ0v) is 14.5. The number of amides is 1. The van der Waals surface area contributed by atoms with Crippen molar-refractivity contribution in [2.45, 2.75) is 0 Å². The number of hydrogen-bond donors (Lipinski definition) is 1. The van der Waals surface area contributed by atoms with Crippen LogP contribution in [-0.4, -0.2) is 50.0 Å².